The molecular formula is C10H17N5O. The third-order valence-corrected chi connectivity index (χ3v) is 2.14. The van der Waals surface area contributed by atoms with E-state index in [2.05, 4.69) is 9.97 Å². The van der Waals surface area contributed by atoms with Gasteiger partial charge in [0.1, 0.15) is 5.82 Å². The monoisotopic (exact) mass is 223 g/mol. The maximum absolute atomic E-state index is 10.9. The second-order valence-electron chi connectivity index (χ2n) is 3.76. The normalized spacial score (nSPS) is 10.5. The van der Waals surface area contributed by atoms with Gasteiger partial charge in [-0.3, -0.25) is 9.78 Å². The Kier molecular flexibility index (Phi) is 4.19. The van der Waals surface area contributed by atoms with E-state index in [4.69, 9.17) is 11.5 Å². The van der Waals surface area contributed by atoms with Crippen molar-refractivity contribution in [2.24, 2.45) is 11.5 Å². The van der Waals surface area contributed by atoms with Crippen LogP contribution in [0.2, 0.25) is 0 Å². The number of hydrogen-bond acceptors (Lipinski definition) is 5. The molecule has 6 nitrogen and oxygen atoms in total. The maximum atomic E-state index is 10.9. The van der Waals surface area contributed by atoms with Gasteiger partial charge in [-0.15, -0.1) is 0 Å². The van der Waals surface area contributed by atoms with Gasteiger partial charge in [0.2, 0.25) is 5.91 Å². The molecule has 0 radical (unpaired) electrons. The van der Waals surface area contributed by atoms with Crippen molar-refractivity contribution in [1.82, 2.24) is 9.97 Å². The van der Waals surface area contributed by atoms with E-state index in [0.717, 1.165) is 0 Å². The number of carbonyl (C=O) groups excluding carboxylic acids is 1. The van der Waals surface area contributed by atoms with E-state index in [1.807, 2.05) is 13.8 Å². The number of hydrogen-bond donors (Lipinski definition) is 2. The highest BCUT2D eigenvalue weighted by Gasteiger charge is 2.14. The van der Waals surface area contributed by atoms with E-state index in [1.165, 1.54) is 0 Å². The lowest BCUT2D eigenvalue weighted by Crippen LogP contribution is -2.39. The van der Waals surface area contributed by atoms with Crippen LogP contribution in [-0.2, 0) is 11.3 Å². The van der Waals surface area contributed by atoms with Crippen LogP contribution in [0.5, 0.6) is 0 Å². The smallest absolute Gasteiger partial charge is 0.237 e. The molecule has 16 heavy (non-hydrogen) atoms. The molecule has 0 fully saturated rings. The third kappa shape index (κ3) is 3.16. The maximum Gasteiger partial charge on any atom is 0.237 e. The number of aromatic nitrogens is 2. The first-order valence-electron chi connectivity index (χ1n) is 5.10. The Labute approximate surface area is 94.7 Å². The van der Waals surface area contributed by atoms with Gasteiger partial charge in [0.15, 0.2) is 0 Å². The number of primary amides is 1. The lowest BCUT2D eigenvalue weighted by molar-refractivity contribution is -0.116. The molecule has 1 aromatic heterocycles. The van der Waals surface area contributed by atoms with Crippen molar-refractivity contribution in [3.63, 3.8) is 0 Å². The quantitative estimate of drug-likeness (QED) is 0.710. The van der Waals surface area contributed by atoms with Gasteiger partial charge in [-0.2, -0.15) is 0 Å². The van der Waals surface area contributed by atoms with Crippen molar-refractivity contribution < 1.29 is 4.79 Å². The molecule has 1 rings (SSSR count). The fourth-order valence-electron chi connectivity index (χ4n) is 1.30. The van der Waals surface area contributed by atoms with Gasteiger partial charge in [-0.25, -0.2) is 4.98 Å². The molecule has 0 atom stereocenters. The summed E-state index contributed by atoms with van der Waals surface area (Å²) in [5.74, 6) is 0.240. The molecule has 4 N–H and O–H groups in total. The van der Waals surface area contributed by atoms with E-state index in [9.17, 15) is 4.79 Å². The van der Waals surface area contributed by atoms with Crippen LogP contribution in [0.15, 0.2) is 12.4 Å². The number of carbonyl (C=O) groups is 1. The molecule has 6 heteroatoms. The molecule has 0 bridgehead atoms. The average Bonchev–Trinajstić information content (AvgIpc) is 2.25. The fourth-order valence-corrected chi connectivity index (χ4v) is 1.30. The molecule has 0 aliphatic heterocycles. The Morgan fingerprint density at radius 1 is 1.44 bits per heavy atom. The first-order chi connectivity index (χ1) is 7.54. The van der Waals surface area contributed by atoms with E-state index in [0.29, 0.717) is 18.1 Å². The summed E-state index contributed by atoms with van der Waals surface area (Å²) in [5, 5.41) is 0. The Bertz CT molecular complexity index is 349. The molecule has 1 heterocycles. The number of anilines is 1. The zero-order valence-electron chi connectivity index (χ0n) is 9.55. The van der Waals surface area contributed by atoms with Crippen molar-refractivity contribution in [2.75, 3.05) is 11.4 Å². The van der Waals surface area contributed by atoms with Crippen molar-refractivity contribution >= 4 is 11.7 Å². The number of amides is 1. The van der Waals surface area contributed by atoms with E-state index in [-0.39, 0.29) is 12.6 Å². The first kappa shape index (κ1) is 12.4. The summed E-state index contributed by atoms with van der Waals surface area (Å²) in [5.41, 5.74) is 11.3. The van der Waals surface area contributed by atoms with Crippen molar-refractivity contribution in [3.05, 3.63) is 18.1 Å². The van der Waals surface area contributed by atoms with Gasteiger partial charge in [0, 0.05) is 12.6 Å². The minimum atomic E-state index is -0.390. The zero-order chi connectivity index (χ0) is 12.1. The van der Waals surface area contributed by atoms with Crippen LogP contribution >= 0.6 is 0 Å². The van der Waals surface area contributed by atoms with Crippen LogP contribution in [0.25, 0.3) is 0 Å². The molecular weight excluding hydrogens is 206 g/mol. The largest absolute Gasteiger partial charge is 0.368 e. The molecule has 1 aromatic rings. The molecule has 0 unspecified atom stereocenters. The van der Waals surface area contributed by atoms with Crippen LogP contribution in [0, 0.1) is 0 Å². The number of nitrogens with two attached hydrogens (primary N) is 2. The summed E-state index contributed by atoms with van der Waals surface area (Å²) < 4.78 is 0. The molecule has 0 aliphatic rings. The second-order valence-corrected chi connectivity index (χ2v) is 3.76. The second kappa shape index (κ2) is 5.41. The topological polar surface area (TPSA) is 98.1 Å². The van der Waals surface area contributed by atoms with E-state index in [1.54, 1.807) is 17.3 Å². The Morgan fingerprint density at radius 2 is 2.12 bits per heavy atom. The van der Waals surface area contributed by atoms with Crippen molar-refractivity contribution in [2.45, 2.75) is 26.4 Å². The number of rotatable bonds is 5. The van der Waals surface area contributed by atoms with Crippen LogP contribution in [0.4, 0.5) is 5.82 Å². The summed E-state index contributed by atoms with van der Waals surface area (Å²) in [7, 11) is 0. The summed E-state index contributed by atoms with van der Waals surface area (Å²) in [4.78, 5) is 21.0. The lowest BCUT2D eigenvalue weighted by atomic mass is 10.3. The van der Waals surface area contributed by atoms with E-state index >= 15 is 0 Å². The molecule has 0 saturated heterocycles. The Balaban J connectivity index is 2.88. The summed E-state index contributed by atoms with van der Waals surface area (Å²) in [6.07, 6.45) is 3.21. The van der Waals surface area contributed by atoms with Crippen molar-refractivity contribution in [3.8, 4) is 0 Å². The predicted octanol–water partition coefficient (Wildman–Crippen LogP) is -0.365. The highest BCUT2D eigenvalue weighted by atomic mass is 16.1. The SMILES string of the molecule is CC(C)N(CC(N)=O)c1cnc(CN)cn1. The minimum absolute atomic E-state index is 0.130. The fraction of sp³-hybridized carbons (Fsp3) is 0.500. The molecule has 0 spiro atoms. The molecule has 0 saturated carbocycles. The number of nitrogens with zero attached hydrogens (tertiary/aromatic N) is 3. The van der Waals surface area contributed by atoms with Gasteiger partial charge in [0.25, 0.3) is 0 Å². The zero-order valence-corrected chi connectivity index (χ0v) is 9.55. The lowest BCUT2D eigenvalue weighted by Gasteiger charge is -2.25. The third-order valence-electron chi connectivity index (χ3n) is 2.14. The van der Waals surface area contributed by atoms with Gasteiger partial charge in [-0.1, -0.05) is 0 Å². The summed E-state index contributed by atoms with van der Waals surface area (Å²) in [6, 6.07) is 0.130. The Morgan fingerprint density at radius 3 is 2.50 bits per heavy atom. The predicted molar refractivity (Wildman–Crippen MR) is 61.6 cm³/mol. The van der Waals surface area contributed by atoms with Gasteiger partial charge >= 0.3 is 0 Å². The first-order valence-corrected chi connectivity index (χ1v) is 5.10. The molecule has 0 aromatic carbocycles. The standard InChI is InChI=1S/C10H17N5O/c1-7(2)15(6-9(12)16)10-5-13-8(3-11)4-14-10/h4-5,7H,3,6,11H2,1-2H3,(H2,12,16). The van der Waals surface area contributed by atoms with Crippen LogP contribution < -0.4 is 16.4 Å². The highest BCUT2D eigenvalue weighted by molar-refractivity contribution is 5.79. The van der Waals surface area contributed by atoms with Gasteiger partial charge in [0.05, 0.1) is 24.6 Å². The molecule has 0 aliphatic carbocycles. The van der Waals surface area contributed by atoms with Crippen LogP contribution in [0.3, 0.4) is 0 Å². The van der Waals surface area contributed by atoms with E-state index < -0.39 is 5.91 Å². The highest BCUT2D eigenvalue weighted by Crippen LogP contribution is 2.11. The molecule has 88 valence electrons. The average molecular weight is 223 g/mol. The van der Waals surface area contributed by atoms with Crippen molar-refractivity contribution in [1.29, 1.82) is 0 Å². The summed E-state index contributed by atoms with van der Waals surface area (Å²) in [6.45, 7) is 4.40. The minimum Gasteiger partial charge on any atom is -0.368 e. The summed E-state index contributed by atoms with van der Waals surface area (Å²) >= 11 is 0. The van der Waals surface area contributed by atoms with Crippen LogP contribution in [-0.4, -0.2) is 28.5 Å². The van der Waals surface area contributed by atoms with Crippen LogP contribution in [0.1, 0.15) is 19.5 Å². The van der Waals surface area contributed by atoms with Gasteiger partial charge < -0.3 is 16.4 Å². The molecule has 1 amide bonds. The Hall–Kier alpha value is -1.69. The van der Waals surface area contributed by atoms with Gasteiger partial charge in [-0.05, 0) is 13.8 Å².